The van der Waals surface area contributed by atoms with E-state index in [0.29, 0.717) is 0 Å². The van der Waals surface area contributed by atoms with E-state index in [1.807, 2.05) is 50.4 Å². The molecule has 3 N–H and O–H groups in total. The lowest BCUT2D eigenvalue weighted by Gasteiger charge is -2.15. The number of hydrogen-bond acceptors (Lipinski definition) is 4. The minimum atomic E-state index is -0.176. The lowest BCUT2D eigenvalue weighted by molar-refractivity contribution is 0.475. The summed E-state index contributed by atoms with van der Waals surface area (Å²) in [6.07, 6.45) is 3.59. The van der Waals surface area contributed by atoms with Crippen LogP contribution in [0.4, 0.5) is 0 Å². The van der Waals surface area contributed by atoms with Crippen molar-refractivity contribution in [3.05, 3.63) is 65.2 Å². The molecule has 1 aromatic carbocycles. The third-order valence-electron chi connectivity index (χ3n) is 3.59. The molecule has 0 spiro atoms. The Bertz CT molecular complexity index is 748. The number of furan rings is 1. The first-order chi connectivity index (χ1) is 9.70. The molecule has 20 heavy (non-hydrogen) atoms. The van der Waals surface area contributed by atoms with E-state index in [4.69, 9.17) is 10.3 Å². The number of nitrogens with two attached hydrogens (primary N) is 1. The van der Waals surface area contributed by atoms with E-state index >= 15 is 0 Å². The molecule has 1 unspecified atom stereocenters. The number of aryl methyl sites for hydroxylation is 2. The van der Waals surface area contributed by atoms with Crippen molar-refractivity contribution < 1.29 is 4.42 Å². The largest absolute Gasteiger partial charge is 0.459 e. The van der Waals surface area contributed by atoms with Crippen LogP contribution in [0, 0.1) is 13.8 Å². The SMILES string of the molecule is Cc1cnccc1C(NN)c1cc2cccc(C)c2o1. The predicted octanol–water partition coefficient (Wildman–Crippen LogP) is 3.00. The summed E-state index contributed by atoms with van der Waals surface area (Å²) >= 11 is 0. The van der Waals surface area contributed by atoms with E-state index in [0.717, 1.165) is 33.4 Å². The number of hydrogen-bond donors (Lipinski definition) is 2. The van der Waals surface area contributed by atoms with Crippen molar-refractivity contribution >= 4 is 11.0 Å². The van der Waals surface area contributed by atoms with Crippen LogP contribution in [0.3, 0.4) is 0 Å². The standard InChI is InChI=1S/C16H17N3O/c1-10-4-3-5-12-8-14(20-16(10)12)15(19-17)13-6-7-18-9-11(13)2/h3-9,15,19H,17H2,1-2H3. The van der Waals surface area contributed by atoms with Crippen LogP contribution < -0.4 is 11.3 Å². The third-order valence-corrected chi connectivity index (χ3v) is 3.59. The Morgan fingerprint density at radius 1 is 1.20 bits per heavy atom. The van der Waals surface area contributed by atoms with Gasteiger partial charge >= 0.3 is 0 Å². The van der Waals surface area contributed by atoms with E-state index in [1.165, 1.54) is 0 Å². The second-order valence-electron chi connectivity index (χ2n) is 4.97. The van der Waals surface area contributed by atoms with Crippen molar-refractivity contribution in [3.8, 4) is 0 Å². The molecule has 102 valence electrons. The van der Waals surface area contributed by atoms with Gasteiger partial charge in [0.1, 0.15) is 17.4 Å². The summed E-state index contributed by atoms with van der Waals surface area (Å²) in [5.74, 6) is 6.55. The fraction of sp³-hybridized carbons (Fsp3) is 0.188. The second-order valence-corrected chi connectivity index (χ2v) is 4.97. The van der Waals surface area contributed by atoms with Gasteiger partial charge in [-0.25, -0.2) is 5.43 Å². The van der Waals surface area contributed by atoms with Gasteiger partial charge in [0.25, 0.3) is 0 Å². The number of nitrogens with one attached hydrogen (secondary N) is 1. The number of para-hydroxylation sites is 1. The summed E-state index contributed by atoms with van der Waals surface area (Å²) in [6, 6.07) is 9.93. The fourth-order valence-electron chi connectivity index (χ4n) is 2.50. The summed E-state index contributed by atoms with van der Waals surface area (Å²) in [4.78, 5) is 4.11. The average molecular weight is 267 g/mol. The third kappa shape index (κ3) is 2.09. The molecule has 0 saturated heterocycles. The molecule has 3 aromatic rings. The molecule has 1 atom stereocenters. The van der Waals surface area contributed by atoms with Gasteiger partial charge in [0, 0.05) is 17.8 Å². The maximum absolute atomic E-state index is 6.00. The van der Waals surface area contributed by atoms with E-state index in [2.05, 4.69) is 10.4 Å². The van der Waals surface area contributed by atoms with Crippen LogP contribution in [0.15, 0.2) is 47.1 Å². The first-order valence-electron chi connectivity index (χ1n) is 6.56. The monoisotopic (exact) mass is 267 g/mol. The number of aromatic nitrogens is 1. The second kappa shape index (κ2) is 5.07. The van der Waals surface area contributed by atoms with Gasteiger partial charge in [-0.3, -0.25) is 10.8 Å². The van der Waals surface area contributed by atoms with E-state index in [1.54, 1.807) is 6.20 Å². The number of rotatable bonds is 3. The molecule has 0 saturated carbocycles. The first-order valence-corrected chi connectivity index (χ1v) is 6.56. The van der Waals surface area contributed by atoms with E-state index in [-0.39, 0.29) is 6.04 Å². The molecule has 2 heterocycles. The minimum Gasteiger partial charge on any atom is -0.459 e. The minimum absolute atomic E-state index is 0.176. The lowest BCUT2D eigenvalue weighted by atomic mass is 10.0. The highest BCUT2D eigenvalue weighted by molar-refractivity contribution is 5.81. The molecule has 0 amide bonds. The van der Waals surface area contributed by atoms with Crippen molar-refractivity contribution in [2.45, 2.75) is 19.9 Å². The lowest BCUT2D eigenvalue weighted by Crippen LogP contribution is -2.29. The molecule has 0 aliphatic carbocycles. The van der Waals surface area contributed by atoms with Gasteiger partial charge in [-0.05, 0) is 42.7 Å². The summed E-state index contributed by atoms with van der Waals surface area (Å²) in [5.41, 5.74) is 7.01. The Morgan fingerprint density at radius 2 is 2.05 bits per heavy atom. The summed E-state index contributed by atoms with van der Waals surface area (Å²) in [5, 5.41) is 1.09. The van der Waals surface area contributed by atoms with Crippen molar-refractivity contribution in [3.63, 3.8) is 0 Å². The number of pyridine rings is 1. The van der Waals surface area contributed by atoms with Gasteiger partial charge in [-0.15, -0.1) is 0 Å². The Morgan fingerprint density at radius 3 is 2.75 bits per heavy atom. The van der Waals surface area contributed by atoms with Crippen LogP contribution in [0.5, 0.6) is 0 Å². The van der Waals surface area contributed by atoms with Gasteiger partial charge in [0.2, 0.25) is 0 Å². The molecule has 0 aliphatic rings. The van der Waals surface area contributed by atoms with Crippen LogP contribution in [-0.4, -0.2) is 4.98 Å². The Balaban J connectivity index is 2.12. The number of nitrogens with zero attached hydrogens (tertiary/aromatic N) is 1. The molecule has 4 nitrogen and oxygen atoms in total. The zero-order chi connectivity index (χ0) is 14.1. The van der Waals surface area contributed by atoms with Crippen LogP contribution in [0.2, 0.25) is 0 Å². The topological polar surface area (TPSA) is 64.1 Å². The van der Waals surface area contributed by atoms with Gasteiger partial charge < -0.3 is 4.42 Å². The van der Waals surface area contributed by atoms with Gasteiger partial charge in [-0.1, -0.05) is 18.2 Å². The molecule has 0 fully saturated rings. The molecular weight excluding hydrogens is 250 g/mol. The number of fused-ring (bicyclic) bond motifs is 1. The van der Waals surface area contributed by atoms with Crippen molar-refractivity contribution in [2.75, 3.05) is 0 Å². The van der Waals surface area contributed by atoms with Crippen molar-refractivity contribution in [1.82, 2.24) is 10.4 Å². The maximum atomic E-state index is 6.00. The molecule has 4 heteroatoms. The van der Waals surface area contributed by atoms with Crippen LogP contribution >= 0.6 is 0 Å². The predicted molar refractivity (Wildman–Crippen MR) is 79.1 cm³/mol. The highest BCUT2D eigenvalue weighted by Gasteiger charge is 2.19. The van der Waals surface area contributed by atoms with E-state index < -0.39 is 0 Å². The summed E-state index contributed by atoms with van der Waals surface area (Å²) < 4.78 is 6.00. The van der Waals surface area contributed by atoms with Crippen molar-refractivity contribution in [1.29, 1.82) is 0 Å². The molecule has 0 bridgehead atoms. The highest BCUT2D eigenvalue weighted by atomic mass is 16.3. The molecule has 2 aromatic heterocycles. The average Bonchev–Trinajstić information content (AvgIpc) is 2.87. The summed E-state index contributed by atoms with van der Waals surface area (Å²) in [7, 11) is 0. The molecule has 3 rings (SSSR count). The van der Waals surface area contributed by atoms with Gasteiger partial charge in [-0.2, -0.15) is 0 Å². The quantitative estimate of drug-likeness (QED) is 0.565. The van der Waals surface area contributed by atoms with Crippen LogP contribution in [-0.2, 0) is 0 Å². The Hall–Kier alpha value is -2.17. The van der Waals surface area contributed by atoms with E-state index in [9.17, 15) is 0 Å². The van der Waals surface area contributed by atoms with Crippen LogP contribution in [0.1, 0.15) is 28.5 Å². The van der Waals surface area contributed by atoms with Gasteiger partial charge in [0.15, 0.2) is 0 Å². The maximum Gasteiger partial charge on any atom is 0.137 e. The normalized spacial score (nSPS) is 12.8. The van der Waals surface area contributed by atoms with Crippen LogP contribution in [0.25, 0.3) is 11.0 Å². The molecular formula is C16H17N3O. The molecule has 0 radical (unpaired) electrons. The Labute approximate surface area is 117 Å². The first kappa shape index (κ1) is 12.8. The zero-order valence-corrected chi connectivity index (χ0v) is 11.6. The fourth-order valence-corrected chi connectivity index (χ4v) is 2.50. The summed E-state index contributed by atoms with van der Waals surface area (Å²) in [6.45, 7) is 4.05. The number of hydrazine groups is 1. The smallest absolute Gasteiger partial charge is 0.137 e. The zero-order valence-electron chi connectivity index (χ0n) is 11.6. The molecule has 0 aliphatic heterocycles. The number of benzene rings is 1. The highest BCUT2D eigenvalue weighted by Crippen LogP contribution is 2.30. The Kier molecular flexibility index (Phi) is 3.26. The van der Waals surface area contributed by atoms with Crippen molar-refractivity contribution in [2.24, 2.45) is 5.84 Å². The van der Waals surface area contributed by atoms with Gasteiger partial charge in [0.05, 0.1) is 0 Å².